The Morgan fingerprint density at radius 2 is 1.88 bits per heavy atom. The Balaban J connectivity index is 2.65. The van der Waals surface area contributed by atoms with Crippen LogP contribution in [-0.4, -0.2) is 20.3 Å². The first-order valence-corrected chi connectivity index (χ1v) is 4.63. The van der Waals surface area contributed by atoms with Crippen LogP contribution in [0.4, 0.5) is 13.2 Å². The molecule has 0 atom stereocenters. The highest BCUT2D eigenvalue weighted by molar-refractivity contribution is 5.35. The van der Waals surface area contributed by atoms with E-state index in [4.69, 9.17) is 9.57 Å². The van der Waals surface area contributed by atoms with Crippen LogP contribution in [0.5, 0.6) is 5.75 Å². The average Bonchev–Trinajstić information content (AvgIpc) is 2.24. The molecule has 0 aliphatic rings. The van der Waals surface area contributed by atoms with Gasteiger partial charge in [0.25, 0.3) is 0 Å². The van der Waals surface area contributed by atoms with Gasteiger partial charge in [0.1, 0.15) is 19.0 Å². The molecule has 0 unspecified atom stereocenters. The van der Waals surface area contributed by atoms with E-state index in [-0.39, 0.29) is 19.0 Å². The summed E-state index contributed by atoms with van der Waals surface area (Å²) in [5.41, 5.74) is 1.62. The van der Waals surface area contributed by atoms with Crippen LogP contribution in [0.15, 0.2) is 24.3 Å². The van der Waals surface area contributed by atoms with Crippen molar-refractivity contribution in [2.24, 2.45) is 0 Å². The van der Waals surface area contributed by atoms with Gasteiger partial charge >= 0.3 is 6.18 Å². The fourth-order valence-electron chi connectivity index (χ4n) is 1.12. The summed E-state index contributed by atoms with van der Waals surface area (Å²) in [4.78, 5) is 4.72. The smallest absolute Gasteiger partial charge is 0.419 e. The summed E-state index contributed by atoms with van der Waals surface area (Å²) in [6, 6.07) is 5.07. The van der Waals surface area contributed by atoms with Crippen LogP contribution in [0.25, 0.3) is 0 Å². The molecule has 0 bridgehead atoms. The molecule has 1 aromatic carbocycles. The van der Waals surface area contributed by atoms with E-state index in [0.717, 1.165) is 6.07 Å². The zero-order valence-corrected chi connectivity index (χ0v) is 8.67. The Kier molecular flexibility index (Phi) is 4.57. The van der Waals surface area contributed by atoms with Gasteiger partial charge in [-0.1, -0.05) is 12.1 Å². The highest BCUT2D eigenvalue weighted by atomic mass is 19.4. The van der Waals surface area contributed by atoms with Gasteiger partial charge < -0.3 is 4.74 Å². The second-order valence-electron chi connectivity index (χ2n) is 2.89. The SMILES string of the molecule is CNOCCOc1ccccc1C(F)(F)F. The van der Waals surface area contributed by atoms with E-state index in [9.17, 15) is 13.2 Å². The number of rotatable bonds is 5. The number of nitrogens with one attached hydrogen (secondary N) is 1. The molecular weight excluding hydrogens is 223 g/mol. The summed E-state index contributed by atoms with van der Waals surface area (Å²) in [5.74, 6) is -0.185. The standard InChI is InChI=1S/C10H12F3NO2/c1-14-16-7-6-15-9-5-3-2-4-8(9)10(11,12)13/h2-5,14H,6-7H2,1H3. The van der Waals surface area contributed by atoms with Gasteiger partial charge in [-0.2, -0.15) is 13.2 Å². The Labute approximate surface area is 91.1 Å². The molecule has 0 radical (unpaired) electrons. The van der Waals surface area contributed by atoms with Gasteiger partial charge in [0, 0.05) is 7.05 Å². The Morgan fingerprint density at radius 3 is 2.50 bits per heavy atom. The van der Waals surface area contributed by atoms with Gasteiger partial charge in [-0.15, -0.1) is 0 Å². The van der Waals surface area contributed by atoms with Crippen molar-refractivity contribution in [2.75, 3.05) is 20.3 Å². The topological polar surface area (TPSA) is 30.5 Å². The van der Waals surface area contributed by atoms with Crippen molar-refractivity contribution in [1.82, 2.24) is 5.48 Å². The van der Waals surface area contributed by atoms with Gasteiger partial charge in [-0.3, -0.25) is 4.84 Å². The van der Waals surface area contributed by atoms with Gasteiger partial charge in [0.2, 0.25) is 0 Å². The van der Waals surface area contributed by atoms with Gasteiger partial charge in [-0.05, 0) is 12.1 Å². The molecule has 0 saturated heterocycles. The van der Waals surface area contributed by atoms with Crippen LogP contribution in [0, 0.1) is 0 Å². The number of hydroxylamine groups is 1. The summed E-state index contributed by atoms with van der Waals surface area (Å²) < 4.78 is 42.5. The molecule has 16 heavy (non-hydrogen) atoms. The zero-order chi connectivity index (χ0) is 12.0. The fourth-order valence-corrected chi connectivity index (χ4v) is 1.12. The molecule has 0 saturated carbocycles. The Morgan fingerprint density at radius 1 is 1.19 bits per heavy atom. The zero-order valence-electron chi connectivity index (χ0n) is 8.67. The lowest BCUT2D eigenvalue weighted by molar-refractivity contribution is -0.139. The van der Waals surface area contributed by atoms with E-state index in [1.165, 1.54) is 18.2 Å². The number of hydrogen-bond donors (Lipinski definition) is 1. The van der Waals surface area contributed by atoms with E-state index >= 15 is 0 Å². The first-order valence-electron chi connectivity index (χ1n) is 4.63. The third-order valence-electron chi connectivity index (χ3n) is 1.78. The van der Waals surface area contributed by atoms with Gasteiger partial charge in [-0.25, -0.2) is 5.48 Å². The predicted molar refractivity (Wildman–Crippen MR) is 52.0 cm³/mol. The minimum Gasteiger partial charge on any atom is -0.490 e. The minimum atomic E-state index is -4.40. The second-order valence-corrected chi connectivity index (χ2v) is 2.89. The van der Waals surface area contributed by atoms with Crippen LogP contribution in [-0.2, 0) is 11.0 Å². The Bertz CT molecular complexity index is 328. The van der Waals surface area contributed by atoms with E-state index < -0.39 is 11.7 Å². The van der Waals surface area contributed by atoms with Crippen molar-refractivity contribution in [3.8, 4) is 5.75 Å². The quantitative estimate of drug-likeness (QED) is 0.627. The first-order chi connectivity index (χ1) is 7.55. The van der Waals surface area contributed by atoms with Crippen LogP contribution in [0.3, 0.4) is 0 Å². The third kappa shape index (κ3) is 3.71. The molecule has 1 rings (SSSR count). The summed E-state index contributed by atoms with van der Waals surface area (Å²) in [6.45, 7) is 0.219. The summed E-state index contributed by atoms with van der Waals surface area (Å²) >= 11 is 0. The molecular formula is C10H12F3NO2. The maximum Gasteiger partial charge on any atom is 0.419 e. The molecule has 0 fully saturated rings. The van der Waals surface area contributed by atoms with Crippen molar-refractivity contribution < 1.29 is 22.7 Å². The number of benzene rings is 1. The lowest BCUT2D eigenvalue weighted by Crippen LogP contribution is -2.16. The maximum absolute atomic E-state index is 12.5. The first kappa shape index (κ1) is 12.8. The van der Waals surface area contributed by atoms with Crippen LogP contribution >= 0.6 is 0 Å². The molecule has 0 amide bonds. The Hall–Kier alpha value is -1.27. The lowest BCUT2D eigenvalue weighted by atomic mass is 10.2. The molecule has 0 aliphatic carbocycles. The molecule has 0 heterocycles. The van der Waals surface area contributed by atoms with Gasteiger partial charge in [0.05, 0.1) is 5.56 Å². The lowest BCUT2D eigenvalue weighted by Gasteiger charge is -2.13. The molecule has 0 aliphatic heterocycles. The predicted octanol–water partition coefficient (Wildman–Crippen LogP) is 2.24. The molecule has 0 aromatic heterocycles. The van der Waals surface area contributed by atoms with Gasteiger partial charge in [0.15, 0.2) is 0 Å². The number of halogens is 3. The van der Waals surface area contributed by atoms with E-state index in [1.54, 1.807) is 7.05 Å². The number of hydrogen-bond acceptors (Lipinski definition) is 3. The second kappa shape index (κ2) is 5.72. The van der Waals surface area contributed by atoms with Crippen molar-refractivity contribution in [2.45, 2.75) is 6.18 Å². The summed E-state index contributed by atoms with van der Waals surface area (Å²) in [5, 5.41) is 0. The molecule has 6 heteroatoms. The summed E-state index contributed by atoms with van der Waals surface area (Å²) in [7, 11) is 1.56. The highest BCUT2D eigenvalue weighted by Crippen LogP contribution is 2.35. The molecule has 0 spiro atoms. The minimum absolute atomic E-state index is 0.0495. The van der Waals surface area contributed by atoms with Crippen molar-refractivity contribution in [3.05, 3.63) is 29.8 Å². The fraction of sp³-hybridized carbons (Fsp3) is 0.400. The van der Waals surface area contributed by atoms with Crippen molar-refractivity contribution >= 4 is 0 Å². The molecule has 3 nitrogen and oxygen atoms in total. The number of ether oxygens (including phenoxy) is 1. The highest BCUT2D eigenvalue weighted by Gasteiger charge is 2.33. The average molecular weight is 235 g/mol. The van der Waals surface area contributed by atoms with Crippen molar-refractivity contribution in [1.29, 1.82) is 0 Å². The summed E-state index contributed by atoms with van der Waals surface area (Å²) in [6.07, 6.45) is -4.40. The third-order valence-corrected chi connectivity index (χ3v) is 1.78. The maximum atomic E-state index is 12.5. The van der Waals surface area contributed by atoms with Crippen LogP contribution < -0.4 is 10.2 Å². The number of para-hydroxylation sites is 1. The molecule has 90 valence electrons. The molecule has 1 aromatic rings. The van der Waals surface area contributed by atoms with Crippen molar-refractivity contribution in [3.63, 3.8) is 0 Å². The number of alkyl halides is 3. The van der Waals surface area contributed by atoms with E-state index in [0.29, 0.717) is 0 Å². The van der Waals surface area contributed by atoms with E-state index in [2.05, 4.69) is 5.48 Å². The monoisotopic (exact) mass is 235 g/mol. The van der Waals surface area contributed by atoms with Crippen LogP contribution in [0.2, 0.25) is 0 Å². The largest absolute Gasteiger partial charge is 0.490 e. The molecule has 1 N–H and O–H groups in total. The normalized spacial score (nSPS) is 11.5. The van der Waals surface area contributed by atoms with Crippen LogP contribution in [0.1, 0.15) is 5.56 Å². The van der Waals surface area contributed by atoms with E-state index in [1.807, 2.05) is 0 Å².